The van der Waals surface area contributed by atoms with E-state index in [1.165, 1.54) is 5.56 Å². The second-order valence-electron chi connectivity index (χ2n) is 4.67. The molecule has 2 atom stereocenters. The fourth-order valence-corrected chi connectivity index (χ4v) is 2.28. The van der Waals surface area contributed by atoms with E-state index >= 15 is 0 Å². The van der Waals surface area contributed by atoms with Gasteiger partial charge in [0.05, 0.1) is 6.10 Å². The zero-order valence-corrected chi connectivity index (χ0v) is 13.8. The third-order valence-electron chi connectivity index (χ3n) is 3.01. The van der Waals surface area contributed by atoms with Crippen molar-refractivity contribution in [1.82, 2.24) is 5.32 Å². The average Bonchev–Trinajstić information content (AvgIpc) is 2.36. The molecule has 1 aromatic carbocycles. The van der Waals surface area contributed by atoms with Crippen LogP contribution >= 0.6 is 15.9 Å². The number of methoxy groups -OCH3 is 1. The Hall–Kier alpha value is -0.580. The van der Waals surface area contributed by atoms with Crippen molar-refractivity contribution in [3.8, 4) is 5.75 Å². The molecule has 0 bridgehead atoms. The fourth-order valence-electron chi connectivity index (χ4n) is 1.94. The summed E-state index contributed by atoms with van der Waals surface area (Å²) in [7, 11) is 1.71. The minimum atomic E-state index is 0.141. The molecule has 2 unspecified atom stereocenters. The van der Waals surface area contributed by atoms with E-state index in [1.54, 1.807) is 7.11 Å². The molecule has 0 aliphatic carbocycles. The zero-order valence-electron chi connectivity index (χ0n) is 12.2. The van der Waals surface area contributed by atoms with E-state index in [0.29, 0.717) is 6.61 Å². The first-order valence-corrected chi connectivity index (χ1v) is 7.56. The Bertz CT molecular complexity index is 384. The summed E-state index contributed by atoms with van der Waals surface area (Å²) in [5.41, 5.74) is 1.19. The number of benzene rings is 1. The molecule has 1 N–H and O–H groups in total. The van der Waals surface area contributed by atoms with E-state index in [4.69, 9.17) is 9.47 Å². The SMILES string of the molecule is CCNC(C)c1ccc(Br)cc1OC(C)CCOC. The molecule has 0 aliphatic heterocycles. The molecule has 0 spiro atoms. The van der Waals surface area contributed by atoms with Gasteiger partial charge in [0.25, 0.3) is 0 Å². The number of hydrogen-bond acceptors (Lipinski definition) is 3. The van der Waals surface area contributed by atoms with Gasteiger partial charge in [0.1, 0.15) is 5.75 Å². The van der Waals surface area contributed by atoms with Gasteiger partial charge in [-0.05, 0) is 32.5 Å². The number of rotatable bonds is 8. The van der Waals surface area contributed by atoms with Crippen molar-refractivity contribution in [3.05, 3.63) is 28.2 Å². The fraction of sp³-hybridized carbons (Fsp3) is 0.600. The third kappa shape index (κ3) is 5.51. The predicted octanol–water partition coefficient (Wildman–Crippen LogP) is 3.92. The number of nitrogens with one attached hydrogen (secondary N) is 1. The maximum absolute atomic E-state index is 6.05. The topological polar surface area (TPSA) is 30.5 Å². The van der Waals surface area contributed by atoms with Crippen molar-refractivity contribution in [2.75, 3.05) is 20.3 Å². The van der Waals surface area contributed by atoms with Gasteiger partial charge in [0, 0.05) is 36.2 Å². The summed E-state index contributed by atoms with van der Waals surface area (Å²) in [4.78, 5) is 0. The summed E-state index contributed by atoms with van der Waals surface area (Å²) in [5.74, 6) is 0.937. The molecule has 0 saturated heterocycles. The molecule has 108 valence electrons. The molecule has 0 aromatic heterocycles. The Morgan fingerprint density at radius 2 is 2.05 bits per heavy atom. The highest BCUT2D eigenvalue weighted by molar-refractivity contribution is 9.10. The molecule has 0 aliphatic rings. The van der Waals surface area contributed by atoms with Gasteiger partial charge in [-0.15, -0.1) is 0 Å². The van der Waals surface area contributed by atoms with Crippen LogP contribution in [-0.2, 0) is 4.74 Å². The number of hydrogen-bond donors (Lipinski definition) is 1. The summed E-state index contributed by atoms with van der Waals surface area (Å²) in [6.45, 7) is 7.99. The summed E-state index contributed by atoms with van der Waals surface area (Å²) in [6.07, 6.45) is 1.03. The van der Waals surface area contributed by atoms with E-state index in [9.17, 15) is 0 Å². The minimum absolute atomic E-state index is 0.141. The van der Waals surface area contributed by atoms with Crippen LogP contribution in [0.2, 0.25) is 0 Å². The molecule has 19 heavy (non-hydrogen) atoms. The first-order chi connectivity index (χ1) is 9.08. The highest BCUT2D eigenvalue weighted by atomic mass is 79.9. The highest BCUT2D eigenvalue weighted by Crippen LogP contribution is 2.29. The predicted molar refractivity (Wildman–Crippen MR) is 82.8 cm³/mol. The van der Waals surface area contributed by atoms with Crippen LogP contribution < -0.4 is 10.1 Å². The van der Waals surface area contributed by atoms with Crippen LogP contribution in [0.1, 0.15) is 38.8 Å². The lowest BCUT2D eigenvalue weighted by Crippen LogP contribution is -2.20. The molecule has 0 amide bonds. The van der Waals surface area contributed by atoms with Crippen LogP contribution in [0.4, 0.5) is 0 Å². The van der Waals surface area contributed by atoms with Crippen molar-refractivity contribution in [3.63, 3.8) is 0 Å². The zero-order chi connectivity index (χ0) is 14.3. The second kappa shape index (κ2) is 8.56. The molecule has 0 saturated carbocycles. The van der Waals surface area contributed by atoms with Crippen LogP contribution in [-0.4, -0.2) is 26.4 Å². The van der Waals surface area contributed by atoms with E-state index in [-0.39, 0.29) is 12.1 Å². The molecule has 1 aromatic rings. The lowest BCUT2D eigenvalue weighted by Gasteiger charge is -2.21. The minimum Gasteiger partial charge on any atom is -0.490 e. The summed E-state index contributed by atoms with van der Waals surface area (Å²) in [6, 6.07) is 6.47. The van der Waals surface area contributed by atoms with E-state index in [2.05, 4.69) is 54.2 Å². The molecular weight excluding hydrogens is 306 g/mol. The highest BCUT2D eigenvalue weighted by Gasteiger charge is 2.13. The number of halogens is 1. The normalized spacial score (nSPS) is 14.2. The average molecular weight is 330 g/mol. The monoisotopic (exact) mass is 329 g/mol. The van der Waals surface area contributed by atoms with Crippen LogP contribution in [0.3, 0.4) is 0 Å². The van der Waals surface area contributed by atoms with E-state index in [0.717, 1.165) is 23.2 Å². The molecule has 3 nitrogen and oxygen atoms in total. The Balaban J connectivity index is 2.81. The Morgan fingerprint density at radius 3 is 2.68 bits per heavy atom. The Kier molecular flexibility index (Phi) is 7.42. The van der Waals surface area contributed by atoms with E-state index < -0.39 is 0 Å². The first kappa shape index (κ1) is 16.5. The van der Waals surface area contributed by atoms with Crippen LogP contribution in [0, 0.1) is 0 Å². The van der Waals surface area contributed by atoms with Crippen molar-refractivity contribution >= 4 is 15.9 Å². The van der Waals surface area contributed by atoms with Crippen molar-refractivity contribution < 1.29 is 9.47 Å². The van der Waals surface area contributed by atoms with Gasteiger partial charge in [-0.25, -0.2) is 0 Å². The Labute approximate surface area is 124 Å². The molecule has 0 heterocycles. The summed E-state index contributed by atoms with van der Waals surface area (Å²) in [5, 5.41) is 3.42. The van der Waals surface area contributed by atoms with Gasteiger partial charge in [0.15, 0.2) is 0 Å². The smallest absolute Gasteiger partial charge is 0.125 e. The van der Waals surface area contributed by atoms with Gasteiger partial charge in [-0.1, -0.05) is 28.9 Å². The van der Waals surface area contributed by atoms with Crippen molar-refractivity contribution in [2.24, 2.45) is 0 Å². The molecule has 4 heteroatoms. The van der Waals surface area contributed by atoms with Crippen molar-refractivity contribution in [1.29, 1.82) is 0 Å². The van der Waals surface area contributed by atoms with Gasteiger partial charge in [-0.2, -0.15) is 0 Å². The Morgan fingerprint density at radius 1 is 1.32 bits per heavy atom. The molecule has 1 rings (SSSR count). The van der Waals surface area contributed by atoms with Gasteiger partial charge in [0.2, 0.25) is 0 Å². The third-order valence-corrected chi connectivity index (χ3v) is 3.50. The van der Waals surface area contributed by atoms with Crippen LogP contribution in [0.25, 0.3) is 0 Å². The molecule has 0 radical (unpaired) electrons. The summed E-state index contributed by atoms with van der Waals surface area (Å²) >= 11 is 3.50. The van der Waals surface area contributed by atoms with Crippen molar-refractivity contribution in [2.45, 2.75) is 39.3 Å². The molecule has 0 fully saturated rings. The lowest BCUT2D eigenvalue weighted by molar-refractivity contribution is 0.134. The summed E-state index contributed by atoms with van der Waals surface area (Å²) < 4.78 is 12.2. The largest absolute Gasteiger partial charge is 0.490 e. The maximum Gasteiger partial charge on any atom is 0.125 e. The van der Waals surface area contributed by atoms with Gasteiger partial charge < -0.3 is 14.8 Å². The first-order valence-electron chi connectivity index (χ1n) is 6.76. The quantitative estimate of drug-likeness (QED) is 0.784. The van der Waals surface area contributed by atoms with E-state index in [1.807, 2.05) is 6.07 Å². The molecular formula is C15H24BrNO2. The number of ether oxygens (including phenoxy) is 2. The van der Waals surface area contributed by atoms with Gasteiger partial charge in [-0.3, -0.25) is 0 Å². The standard InChI is InChI=1S/C15H24BrNO2/c1-5-17-12(3)14-7-6-13(16)10-15(14)19-11(2)8-9-18-4/h6-7,10-12,17H,5,8-9H2,1-4H3. The van der Waals surface area contributed by atoms with Gasteiger partial charge >= 0.3 is 0 Å². The van der Waals surface area contributed by atoms with Crippen LogP contribution in [0.15, 0.2) is 22.7 Å². The van der Waals surface area contributed by atoms with Crippen LogP contribution in [0.5, 0.6) is 5.75 Å². The lowest BCUT2D eigenvalue weighted by atomic mass is 10.1. The maximum atomic E-state index is 6.05. The second-order valence-corrected chi connectivity index (χ2v) is 5.59.